The quantitative estimate of drug-likeness (QED) is 0.643. The molecule has 0 bridgehead atoms. The SMILES string of the molecule is CS(=O)(=O)N(CC(=O)Nc1ccccc1C(=O)NCC1CCCO1)c1ccccc1F. The molecule has 0 saturated carbocycles. The molecule has 10 heteroatoms. The Morgan fingerprint density at radius 3 is 2.55 bits per heavy atom. The minimum atomic E-state index is -3.93. The Morgan fingerprint density at radius 2 is 1.87 bits per heavy atom. The molecule has 8 nitrogen and oxygen atoms in total. The van der Waals surface area contributed by atoms with E-state index in [1.165, 1.54) is 24.3 Å². The van der Waals surface area contributed by atoms with Gasteiger partial charge in [-0.3, -0.25) is 13.9 Å². The Bertz CT molecular complexity index is 1050. The highest BCUT2D eigenvalue weighted by Crippen LogP contribution is 2.22. The van der Waals surface area contributed by atoms with Crippen molar-refractivity contribution >= 4 is 33.2 Å². The first-order valence-electron chi connectivity index (χ1n) is 9.76. The minimum Gasteiger partial charge on any atom is -0.376 e. The van der Waals surface area contributed by atoms with Gasteiger partial charge in [0.15, 0.2) is 0 Å². The number of benzene rings is 2. The van der Waals surface area contributed by atoms with E-state index in [1.807, 2.05) is 0 Å². The normalized spacial score (nSPS) is 16.0. The number of anilines is 2. The molecule has 2 amide bonds. The van der Waals surface area contributed by atoms with Gasteiger partial charge in [-0.15, -0.1) is 0 Å². The lowest BCUT2D eigenvalue weighted by Gasteiger charge is -2.22. The monoisotopic (exact) mass is 449 g/mol. The zero-order chi connectivity index (χ0) is 22.4. The van der Waals surface area contributed by atoms with E-state index in [0.29, 0.717) is 17.5 Å². The number of nitrogens with zero attached hydrogens (tertiary/aromatic N) is 1. The predicted molar refractivity (Wildman–Crippen MR) is 115 cm³/mol. The van der Waals surface area contributed by atoms with E-state index >= 15 is 0 Å². The average Bonchev–Trinajstić information content (AvgIpc) is 3.24. The van der Waals surface area contributed by atoms with Gasteiger partial charge in [0, 0.05) is 13.2 Å². The maximum absolute atomic E-state index is 14.1. The molecule has 2 N–H and O–H groups in total. The standard InChI is InChI=1S/C21H24FN3O5S/c1-31(28,29)25(19-11-5-3-9-17(19)22)14-20(26)24-18-10-4-2-8-16(18)21(27)23-13-15-7-6-12-30-15/h2-5,8-11,15H,6-7,12-14H2,1H3,(H,23,27)(H,24,26). The molecular weight excluding hydrogens is 425 g/mol. The lowest BCUT2D eigenvalue weighted by molar-refractivity contribution is -0.114. The first-order valence-corrected chi connectivity index (χ1v) is 11.6. The number of carbonyl (C=O) groups excluding carboxylic acids is 2. The highest BCUT2D eigenvalue weighted by Gasteiger charge is 2.24. The van der Waals surface area contributed by atoms with E-state index in [4.69, 9.17) is 4.74 Å². The van der Waals surface area contributed by atoms with Gasteiger partial charge in [-0.25, -0.2) is 12.8 Å². The van der Waals surface area contributed by atoms with Crippen LogP contribution in [0.15, 0.2) is 48.5 Å². The van der Waals surface area contributed by atoms with Crippen LogP contribution < -0.4 is 14.9 Å². The molecule has 2 aromatic carbocycles. The third kappa shape index (κ3) is 6.02. The number of sulfonamides is 1. The minimum absolute atomic E-state index is 0.0326. The van der Waals surface area contributed by atoms with E-state index < -0.39 is 28.3 Å². The van der Waals surface area contributed by atoms with Gasteiger partial charge in [-0.05, 0) is 37.1 Å². The number of carbonyl (C=O) groups is 2. The third-order valence-electron chi connectivity index (χ3n) is 4.77. The van der Waals surface area contributed by atoms with E-state index in [9.17, 15) is 22.4 Å². The van der Waals surface area contributed by atoms with E-state index in [1.54, 1.807) is 18.2 Å². The molecule has 1 fully saturated rings. The van der Waals surface area contributed by atoms with Gasteiger partial charge >= 0.3 is 0 Å². The Balaban J connectivity index is 1.72. The molecule has 166 valence electrons. The number of ether oxygens (including phenoxy) is 1. The number of nitrogens with one attached hydrogen (secondary N) is 2. The predicted octanol–water partition coefficient (Wildman–Crippen LogP) is 2.14. The molecule has 1 aliphatic rings. The van der Waals surface area contributed by atoms with E-state index in [2.05, 4.69) is 10.6 Å². The number of hydrogen-bond donors (Lipinski definition) is 2. The summed E-state index contributed by atoms with van der Waals surface area (Å²) < 4.78 is 44.6. The van der Waals surface area contributed by atoms with Crippen molar-refractivity contribution in [2.75, 3.05) is 35.6 Å². The third-order valence-corrected chi connectivity index (χ3v) is 5.90. The topological polar surface area (TPSA) is 105 Å². The van der Waals surface area contributed by atoms with Crippen LogP contribution in [0.3, 0.4) is 0 Å². The molecule has 1 aliphatic heterocycles. The van der Waals surface area contributed by atoms with Crippen molar-refractivity contribution in [3.63, 3.8) is 0 Å². The summed E-state index contributed by atoms with van der Waals surface area (Å²) in [5, 5.41) is 5.33. The number of para-hydroxylation sites is 2. The van der Waals surface area contributed by atoms with Gasteiger partial charge < -0.3 is 15.4 Å². The molecule has 0 aliphatic carbocycles. The maximum Gasteiger partial charge on any atom is 0.253 e. The van der Waals surface area contributed by atoms with Crippen LogP contribution in [0, 0.1) is 5.82 Å². The Labute approximate surface area is 180 Å². The lowest BCUT2D eigenvalue weighted by atomic mass is 10.1. The molecule has 1 saturated heterocycles. The summed E-state index contributed by atoms with van der Waals surface area (Å²) in [6.07, 6.45) is 2.68. The summed E-state index contributed by atoms with van der Waals surface area (Å²) in [5.41, 5.74) is 0.215. The van der Waals surface area contributed by atoms with Crippen molar-refractivity contribution in [2.24, 2.45) is 0 Å². The van der Waals surface area contributed by atoms with Gasteiger partial charge in [-0.1, -0.05) is 24.3 Å². The molecule has 3 rings (SSSR count). The summed E-state index contributed by atoms with van der Waals surface area (Å²) in [5.74, 6) is -1.87. The Morgan fingerprint density at radius 1 is 1.16 bits per heavy atom. The van der Waals surface area contributed by atoms with Crippen LogP contribution in [0.1, 0.15) is 23.2 Å². The van der Waals surface area contributed by atoms with Crippen molar-refractivity contribution in [3.8, 4) is 0 Å². The molecule has 1 heterocycles. The van der Waals surface area contributed by atoms with Gasteiger partial charge in [0.2, 0.25) is 15.9 Å². The van der Waals surface area contributed by atoms with Crippen LogP contribution in [-0.2, 0) is 19.6 Å². The maximum atomic E-state index is 14.1. The summed E-state index contributed by atoms with van der Waals surface area (Å²) in [6.45, 7) is 0.383. The van der Waals surface area contributed by atoms with E-state index in [-0.39, 0.29) is 28.9 Å². The molecule has 0 spiro atoms. The van der Waals surface area contributed by atoms with Crippen molar-refractivity contribution in [2.45, 2.75) is 18.9 Å². The molecule has 31 heavy (non-hydrogen) atoms. The van der Waals surface area contributed by atoms with Gasteiger partial charge in [-0.2, -0.15) is 0 Å². The zero-order valence-corrected chi connectivity index (χ0v) is 17.8. The molecule has 0 radical (unpaired) electrons. The van der Waals surface area contributed by atoms with Gasteiger partial charge in [0.05, 0.1) is 29.3 Å². The highest BCUT2D eigenvalue weighted by molar-refractivity contribution is 7.92. The fraction of sp³-hybridized carbons (Fsp3) is 0.333. The first-order chi connectivity index (χ1) is 14.8. The van der Waals surface area contributed by atoms with Crippen molar-refractivity contribution < 1.29 is 27.1 Å². The highest BCUT2D eigenvalue weighted by atomic mass is 32.2. The average molecular weight is 450 g/mol. The summed E-state index contributed by atoms with van der Waals surface area (Å²) in [4.78, 5) is 25.2. The number of halogens is 1. The Hall–Kier alpha value is -2.98. The number of amides is 2. The number of rotatable bonds is 8. The summed E-state index contributed by atoms with van der Waals surface area (Å²) >= 11 is 0. The largest absolute Gasteiger partial charge is 0.376 e. The molecular formula is C21H24FN3O5S. The van der Waals surface area contributed by atoms with Crippen molar-refractivity contribution in [3.05, 3.63) is 59.9 Å². The Kier molecular flexibility index (Phi) is 7.24. The fourth-order valence-corrected chi connectivity index (χ4v) is 4.11. The second kappa shape index (κ2) is 9.88. The zero-order valence-electron chi connectivity index (χ0n) is 17.0. The molecule has 2 aromatic rings. The van der Waals surface area contributed by atoms with Crippen LogP contribution in [0.4, 0.5) is 15.8 Å². The van der Waals surface area contributed by atoms with Crippen molar-refractivity contribution in [1.82, 2.24) is 5.32 Å². The van der Waals surface area contributed by atoms with Crippen LogP contribution in [-0.4, -0.2) is 52.3 Å². The van der Waals surface area contributed by atoms with Crippen LogP contribution in [0.2, 0.25) is 0 Å². The molecule has 0 aromatic heterocycles. The van der Waals surface area contributed by atoms with E-state index in [0.717, 1.165) is 25.2 Å². The second-order valence-electron chi connectivity index (χ2n) is 7.16. The van der Waals surface area contributed by atoms with Crippen LogP contribution in [0.5, 0.6) is 0 Å². The van der Waals surface area contributed by atoms with Crippen LogP contribution in [0.25, 0.3) is 0 Å². The van der Waals surface area contributed by atoms with Crippen LogP contribution >= 0.6 is 0 Å². The molecule has 1 unspecified atom stereocenters. The lowest BCUT2D eigenvalue weighted by Crippen LogP contribution is -2.38. The first kappa shape index (κ1) is 22.7. The molecule has 1 atom stereocenters. The van der Waals surface area contributed by atoms with Crippen molar-refractivity contribution in [1.29, 1.82) is 0 Å². The summed E-state index contributed by atoms with van der Waals surface area (Å²) in [6, 6.07) is 11.6. The fourth-order valence-electron chi connectivity index (χ4n) is 3.25. The summed E-state index contributed by atoms with van der Waals surface area (Å²) in [7, 11) is -3.93. The number of hydrogen-bond acceptors (Lipinski definition) is 5. The second-order valence-corrected chi connectivity index (χ2v) is 9.07. The van der Waals surface area contributed by atoms with Gasteiger partial charge in [0.25, 0.3) is 5.91 Å². The smallest absolute Gasteiger partial charge is 0.253 e. The van der Waals surface area contributed by atoms with Gasteiger partial charge in [0.1, 0.15) is 12.4 Å².